The molecule has 1 amide bonds. The third-order valence-corrected chi connectivity index (χ3v) is 5.32. The molecule has 36 heavy (non-hydrogen) atoms. The maximum atomic E-state index is 12.0. The number of hydrogen-bond acceptors (Lipinski definition) is 3. The summed E-state index contributed by atoms with van der Waals surface area (Å²) in [6.07, 6.45) is 32.4. The van der Waals surface area contributed by atoms with E-state index in [0.29, 0.717) is 10.6 Å². The van der Waals surface area contributed by atoms with Crippen LogP contribution in [0, 0.1) is 0 Å². The Bertz CT molecular complexity index is 924. The highest BCUT2D eigenvalue weighted by molar-refractivity contribution is 6.30. The number of halogens is 1. The normalized spacial score (nSPS) is 13.2. The lowest BCUT2D eigenvalue weighted by Crippen LogP contribution is -2.35. The molecule has 0 heterocycles. The number of amides is 1. The molecule has 5 heteroatoms. The number of esters is 1. The van der Waals surface area contributed by atoms with Crippen LogP contribution in [0.3, 0.4) is 0 Å². The average molecular weight is 510 g/mol. The number of nitrogens with one attached hydrogen (secondary N) is 1. The first kappa shape index (κ1) is 30.9. The van der Waals surface area contributed by atoms with Gasteiger partial charge in [0.2, 0.25) is 5.91 Å². The zero-order chi connectivity index (χ0) is 26.3. The van der Waals surface area contributed by atoms with E-state index < -0.39 is 12.2 Å². The summed E-state index contributed by atoms with van der Waals surface area (Å²) in [4.78, 5) is 23.9. The summed E-state index contributed by atoms with van der Waals surface area (Å²) in [7, 11) is 0. The van der Waals surface area contributed by atoms with Gasteiger partial charge < -0.3 is 10.1 Å². The number of allylic oxidation sites excluding steroid dienone is 11. The Balaban J connectivity index is 2.15. The fourth-order valence-corrected chi connectivity index (χ4v) is 3.27. The van der Waals surface area contributed by atoms with Crippen molar-refractivity contribution < 1.29 is 14.3 Å². The molecular formula is C31H40ClNO3. The first-order chi connectivity index (χ1) is 17.5. The van der Waals surface area contributed by atoms with Crippen molar-refractivity contribution in [1.29, 1.82) is 0 Å². The zero-order valence-electron chi connectivity index (χ0n) is 21.6. The lowest BCUT2D eigenvalue weighted by atomic mass is 10.1. The molecule has 1 unspecified atom stereocenters. The minimum absolute atomic E-state index is 0.356. The lowest BCUT2D eigenvalue weighted by molar-refractivity contribution is -0.119. The molecule has 194 valence electrons. The maximum Gasteiger partial charge on any atom is 0.340 e. The highest BCUT2D eigenvalue weighted by Crippen LogP contribution is 2.11. The monoisotopic (exact) mass is 509 g/mol. The molecule has 0 aliphatic rings. The van der Waals surface area contributed by atoms with Crippen molar-refractivity contribution in [2.45, 2.75) is 71.4 Å². The molecule has 1 aromatic carbocycles. The number of rotatable bonds is 17. The Morgan fingerprint density at radius 3 is 1.94 bits per heavy atom. The largest absolute Gasteiger partial charge is 0.438 e. The van der Waals surface area contributed by atoms with Gasteiger partial charge in [-0.05, 0) is 44.0 Å². The molecule has 0 aliphatic heterocycles. The standard InChI is InChI=1S/C31H40ClNO3/c1-3-4-5-6-7-8-9-10-11-12-13-14-15-16-17-18-19-20-21-22-30(34)33-27(2)36-31(35)28-23-25-29(32)26-24-28/h11-27H,3-10H2,1-2H3,(H,33,34). The molecule has 1 atom stereocenters. The van der Waals surface area contributed by atoms with Gasteiger partial charge in [-0.3, -0.25) is 4.79 Å². The third-order valence-electron chi connectivity index (χ3n) is 5.07. The van der Waals surface area contributed by atoms with E-state index in [1.165, 1.54) is 51.0 Å². The molecule has 0 aliphatic carbocycles. The van der Waals surface area contributed by atoms with E-state index in [1.54, 1.807) is 43.3 Å². The Morgan fingerprint density at radius 1 is 0.806 bits per heavy atom. The van der Waals surface area contributed by atoms with Crippen LogP contribution in [-0.2, 0) is 9.53 Å². The van der Waals surface area contributed by atoms with Gasteiger partial charge >= 0.3 is 5.97 Å². The number of benzene rings is 1. The fraction of sp³-hybridized carbons (Fsp3) is 0.355. The highest BCUT2D eigenvalue weighted by Gasteiger charge is 2.12. The quantitative estimate of drug-likeness (QED) is 0.0753. The summed E-state index contributed by atoms with van der Waals surface area (Å²) in [6.45, 7) is 3.84. The Hall–Kier alpha value is -3.11. The fourth-order valence-electron chi connectivity index (χ4n) is 3.14. The number of unbranched alkanes of at least 4 members (excludes halogenated alkanes) is 7. The predicted molar refractivity (Wildman–Crippen MR) is 152 cm³/mol. The van der Waals surface area contributed by atoms with E-state index in [9.17, 15) is 9.59 Å². The molecular weight excluding hydrogens is 470 g/mol. The van der Waals surface area contributed by atoms with E-state index in [2.05, 4.69) is 24.4 Å². The van der Waals surface area contributed by atoms with Gasteiger partial charge in [0.15, 0.2) is 6.23 Å². The summed E-state index contributed by atoms with van der Waals surface area (Å²) < 4.78 is 5.20. The molecule has 4 nitrogen and oxygen atoms in total. The van der Waals surface area contributed by atoms with Crippen molar-refractivity contribution in [3.63, 3.8) is 0 Å². The van der Waals surface area contributed by atoms with Crippen LogP contribution in [0.25, 0.3) is 0 Å². The predicted octanol–water partition coefficient (Wildman–Crippen LogP) is 8.44. The van der Waals surface area contributed by atoms with Crippen LogP contribution in [0.5, 0.6) is 0 Å². The molecule has 1 aromatic rings. The molecule has 0 saturated heterocycles. The summed E-state index contributed by atoms with van der Waals surface area (Å²) >= 11 is 5.80. The molecule has 0 aromatic heterocycles. The minimum Gasteiger partial charge on any atom is -0.438 e. The summed E-state index contributed by atoms with van der Waals surface area (Å²) in [5.41, 5.74) is 0.366. The van der Waals surface area contributed by atoms with Gasteiger partial charge in [0.1, 0.15) is 0 Å². The second-order valence-electron chi connectivity index (χ2n) is 8.30. The molecule has 1 rings (SSSR count). The van der Waals surface area contributed by atoms with Gasteiger partial charge in [-0.2, -0.15) is 0 Å². The Labute approximate surface area is 222 Å². The van der Waals surface area contributed by atoms with Crippen LogP contribution in [0.2, 0.25) is 5.02 Å². The molecule has 1 N–H and O–H groups in total. The Kier molecular flexibility index (Phi) is 18.2. The van der Waals surface area contributed by atoms with Gasteiger partial charge in [0.25, 0.3) is 0 Å². The van der Waals surface area contributed by atoms with E-state index in [1.807, 2.05) is 42.5 Å². The number of carbonyl (C=O) groups is 2. The molecule has 0 fully saturated rings. The van der Waals surface area contributed by atoms with Crippen LogP contribution in [0.15, 0.2) is 97.2 Å². The maximum absolute atomic E-state index is 12.0. The molecule has 0 bridgehead atoms. The lowest BCUT2D eigenvalue weighted by Gasteiger charge is -2.13. The second kappa shape index (κ2) is 21.2. The first-order valence-electron chi connectivity index (χ1n) is 12.8. The number of hydrogen-bond donors (Lipinski definition) is 1. The van der Waals surface area contributed by atoms with Crippen molar-refractivity contribution in [3.05, 3.63) is 108 Å². The Morgan fingerprint density at radius 2 is 1.33 bits per heavy atom. The van der Waals surface area contributed by atoms with Crippen LogP contribution in [0.1, 0.15) is 75.6 Å². The van der Waals surface area contributed by atoms with Crippen molar-refractivity contribution in [3.8, 4) is 0 Å². The average Bonchev–Trinajstić information content (AvgIpc) is 2.85. The van der Waals surface area contributed by atoms with Crippen molar-refractivity contribution in [2.75, 3.05) is 0 Å². The van der Waals surface area contributed by atoms with Crippen LogP contribution in [-0.4, -0.2) is 18.1 Å². The smallest absolute Gasteiger partial charge is 0.340 e. The van der Waals surface area contributed by atoms with Gasteiger partial charge in [0, 0.05) is 11.1 Å². The topological polar surface area (TPSA) is 55.4 Å². The number of ether oxygens (including phenoxy) is 1. The summed E-state index contributed by atoms with van der Waals surface area (Å²) in [5.74, 6) is -0.888. The van der Waals surface area contributed by atoms with Crippen LogP contribution in [0.4, 0.5) is 0 Å². The van der Waals surface area contributed by atoms with Crippen molar-refractivity contribution in [1.82, 2.24) is 5.32 Å². The van der Waals surface area contributed by atoms with E-state index >= 15 is 0 Å². The number of carbonyl (C=O) groups excluding carboxylic acids is 2. The SMILES string of the molecule is CCCCCCCCCC=CC=CC=CC=CC=CC=CC(=O)NC(C)OC(=O)c1ccc(Cl)cc1. The van der Waals surface area contributed by atoms with Crippen molar-refractivity contribution in [2.24, 2.45) is 0 Å². The van der Waals surface area contributed by atoms with E-state index in [4.69, 9.17) is 16.3 Å². The van der Waals surface area contributed by atoms with E-state index in [-0.39, 0.29) is 5.91 Å². The van der Waals surface area contributed by atoms with Crippen LogP contribution < -0.4 is 5.32 Å². The first-order valence-corrected chi connectivity index (χ1v) is 13.2. The van der Waals surface area contributed by atoms with Gasteiger partial charge in [-0.15, -0.1) is 0 Å². The van der Waals surface area contributed by atoms with Gasteiger partial charge in [-0.1, -0.05) is 124 Å². The van der Waals surface area contributed by atoms with Gasteiger partial charge in [-0.25, -0.2) is 4.79 Å². The minimum atomic E-state index is -0.762. The zero-order valence-corrected chi connectivity index (χ0v) is 22.3. The van der Waals surface area contributed by atoms with Gasteiger partial charge in [0.05, 0.1) is 5.56 Å². The third kappa shape index (κ3) is 17.3. The van der Waals surface area contributed by atoms with Crippen molar-refractivity contribution >= 4 is 23.5 Å². The summed E-state index contributed by atoms with van der Waals surface area (Å²) in [5, 5.41) is 3.11. The van der Waals surface area contributed by atoms with E-state index in [0.717, 1.165) is 6.42 Å². The van der Waals surface area contributed by atoms with Crippen LogP contribution >= 0.6 is 11.6 Å². The highest BCUT2D eigenvalue weighted by atomic mass is 35.5. The molecule has 0 radical (unpaired) electrons. The summed E-state index contributed by atoms with van der Waals surface area (Å²) in [6, 6.07) is 6.35. The second-order valence-corrected chi connectivity index (χ2v) is 8.74. The molecule has 0 saturated carbocycles. The molecule has 0 spiro atoms.